The van der Waals surface area contributed by atoms with Crippen molar-refractivity contribution < 1.29 is 24.4 Å². The lowest BCUT2D eigenvalue weighted by Gasteiger charge is -2.26. The Labute approximate surface area is 218 Å². The van der Waals surface area contributed by atoms with Crippen LogP contribution in [0, 0.1) is 23.7 Å². The summed E-state index contributed by atoms with van der Waals surface area (Å²) in [5.74, 6) is 2.39. The molecule has 8 unspecified atom stereocenters. The number of ether oxygens (including phenoxy) is 3. The first-order valence-electron chi connectivity index (χ1n) is 14.8. The third-order valence-electron chi connectivity index (χ3n) is 6.69. The highest BCUT2D eigenvalue weighted by atomic mass is 16.8. The van der Waals surface area contributed by atoms with Crippen molar-refractivity contribution in [1.29, 1.82) is 0 Å². The highest BCUT2D eigenvalue weighted by Gasteiger charge is 2.20. The van der Waals surface area contributed by atoms with Crippen LogP contribution >= 0.6 is 0 Å². The van der Waals surface area contributed by atoms with Crippen LogP contribution in [0.2, 0.25) is 0 Å². The number of hydrogen-bond donors (Lipinski definition) is 2. The smallest absolute Gasteiger partial charge is 0.160 e. The van der Waals surface area contributed by atoms with Crippen LogP contribution in [0.3, 0.4) is 0 Å². The average molecular weight is 503 g/mol. The fourth-order valence-electron chi connectivity index (χ4n) is 5.28. The van der Waals surface area contributed by atoms with Gasteiger partial charge in [-0.05, 0) is 102 Å². The summed E-state index contributed by atoms with van der Waals surface area (Å²) >= 11 is 0. The lowest BCUT2D eigenvalue weighted by molar-refractivity contribution is -0.250. The fraction of sp³-hybridized carbons (Fsp3) is 1.00. The molecule has 0 spiro atoms. The average Bonchev–Trinajstić information content (AvgIpc) is 2.73. The summed E-state index contributed by atoms with van der Waals surface area (Å²) in [5.41, 5.74) is 0. The van der Waals surface area contributed by atoms with Crippen LogP contribution in [0.5, 0.6) is 0 Å². The number of aliphatic hydroxyl groups excluding tert-OH is 2. The van der Waals surface area contributed by atoms with E-state index < -0.39 is 0 Å². The number of rotatable bonds is 24. The van der Waals surface area contributed by atoms with Crippen LogP contribution in [-0.2, 0) is 14.2 Å². The maximum atomic E-state index is 9.62. The highest BCUT2D eigenvalue weighted by molar-refractivity contribution is 4.65. The molecule has 0 aliphatic carbocycles. The Morgan fingerprint density at radius 3 is 1.20 bits per heavy atom. The van der Waals surface area contributed by atoms with Gasteiger partial charge in [-0.3, -0.25) is 0 Å². The van der Waals surface area contributed by atoms with Crippen LogP contribution in [-0.4, -0.2) is 48.2 Å². The van der Waals surface area contributed by atoms with E-state index in [0.717, 1.165) is 77.0 Å². The van der Waals surface area contributed by atoms with Gasteiger partial charge in [0, 0.05) is 13.2 Å². The Bertz CT molecular complexity index is 416. The fourth-order valence-corrected chi connectivity index (χ4v) is 5.28. The summed E-state index contributed by atoms with van der Waals surface area (Å²) in [7, 11) is 0. The van der Waals surface area contributed by atoms with E-state index in [1.165, 1.54) is 0 Å². The van der Waals surface area contributed by atoms with E-state index in [9.17, 15) is 10.2 Å². The Morgan fingerprint density at radius 2 is 0.886 bits per heavy atom. The van der Waals surface area contributed by atoms with Crippen LogP contribution in [0.4, 0.5) is 0 Å². The zero-order valence-electron chi connectivity index (χ0n) is 24.6. The van der Waals surface area contributed by atoms with Gasteiger partial charge in [-0.15, -0.1) is 0 Å². The van der Waals surface area contributed by atoms with Crippen molar-refractivity contribution in [1.82, 2.24) is 0 Å². The molecule has 0 saturated carbocycles. The third-order valence-corrected chi connectivity index (χ3v) is 6.69. The van der Waals surface area contributed by atoms with Gasteiger partial charge >= 0.3 is 0 Å². The van der Waals surface area contributed by atoms with Gasteiger partial charge in [0.2, 0.25) is 0 Å². The zero-order chi connectivity index (χ0) is 26.6. The minimum Gasteiger partial charge on any atom is -0.393 e. The Hall–Kier alpha value is -0.200. The first-order valence-corrected chi connectivity index (χ1v) is 14.8. The molecule has 0 aliphatic rings. The monoisotopic (exact) mass is 502 g/mol. The minimum absolute atomic E-state index is 0.206. The Kier molecular flexibility index (Phi) is 21.7. The molecule has 5 heteroatoms. The molecule has 0 aromatic carbocycles. The molecule has 0 amide bonds. The van der Waals surface area contributed by atoms with E-state index >= 15 is 0 Å². The molecule has 35 heavy (non-hydrogen) atoms. The third kappa shape index (κ3) is 21.6. The van der Waals surface area contributed by atoms with Gasteiger partial charge in [-0.2, -0.15) is 0 Å². The molecule has 0 heterocycles. The second-order valence-electron chi connectivity index (χ2n) is 11.7. The van der Waals surface area contributed by atoms with E-state index in [1.807, 2.05) is 13.8 Å². The van der Waals surface area contributed by atoms with Gasteiger partial charge in [-0.1, -0.05) is 54.4 Å². The van der Waals surface area contributed by atoms with Crippen LogP contribution in [0.25, 0.3) is 0 Å². The van der Waals surface area contributed by atoms with Gasteiger partial charge < -0.3 is 24.4 Å². The van der Waals surface area contributed by atoms with Crippen molar-refractivity contribution in [3.8, 4) is 0 Å². The van der Waals surface area contributed by atoms with Crippen LogP contribution in [0.1, 0.15) is 132 Å². The Morgan fingerprint density at radius 1 is 0.514 bits per heavy atom. The van der Waals surface area contributed by atoms with Crippen molar-refractivity contribution >= 4 is 0 Å². The zero-order valence-corrected chi connectivity index (χ0v) is 24.6. The summed E-state index contributed by atoms with van der Waals surface area (Å²) < 4.78 is 18.5. The summed E-state index contributed by atoms with van der Waals surface area (Å²) in [5, 5.41) is 19.2. The minimum atomic E-state index is -0.215. The second-order valence-corrected chi connectivity index (χ2v) is 11.7. The second kappa shape index (κ2) is 21.8. The molecule has 0 saturated heterocycles. The van der Waals surface area contributed by atoms with Crippen LogP contribution < -0.4 is 0 Å². The molecule has 5 nitrogen and oxygen atoms in total. The molecule has 0 aliphatic heterocycles. The van der Waals surface area contributed by atoms with E-state index in [-0.39, 0.29) is 24.8 Å². The topological polar surface area (TPSA) is 68.2 Å². The van der Waals surface area contributed by atoms with Crippen molar-refractivity contribution in [2.75, 3.05) is 13.2 Å². The standard InChI is InChI=1S/C30H62O5/c1-9-17-33-29(15-11-13-23(3)19-25(5)21-27(7)31)35-30(34-18-10-2)16-12-14-24(4)20-26(6)22-28(8)32/h23-32H,9-22H2,1-8H3. The Balaban J connectivity index is 4.60. The molecule has 212 valence electrons. The first-order chi connectivity index (χ1) is 16.6. The van der Waals surface area contributed by atoms with E-state index in [0.29, 0.717) is 36.9 Å². The molecule has 0 aromatic rings. The maximum absolute atomic E-state index is 9.62. The van der Waals surface area contributed by atoms with Gasteiger partial charge in [-0.25, -0.2) is 0 Å². The number of aliphatic hydroxyl groups is 2. The van der Waals surface area contributed by atoms with Crippen LogP contribution in [0.15, 0.2) is 0 Å². The van der Waals surface area contributed by atoms with Crippen molar-refractivity contribution in [3.05, 3.63) is 0 Å². The van der Waals surface area contributed by atoms with E-state index in [1.54, 1.807) is 0 Å². The summed E-state index contributed by atoms with van der Waals surface area (Å²) in [6.45, 7) is 18.6. The SMILES string of the molecule is CCCOC(CCCC(C)CC(C)CC(C)O)OC(CCCC(C)CC(C)CC(C)O)OCCC. The lowest BCUT2D eigenvalue weighted by Crippen LogP contribution is -2.28. The molecule has 0 radical (unpaired) electrons. The molecule has 8 atom stereocenters. The molecular weight excluding hydrogens is 440 g/mol. The summed E-state index contributed by atoms with van der Waals surface area (Å²) in [6.07, 6.45) is 11.5. The molecule has 0 aromatic heterocycles. The van der Waals surface area contributed by atoms with E-state index in [4.69, 9.17) is 14.2 Å². The van der Waals surface area contributed by atoms with Gasteiger partial charge in [0.25, 0.3) is 0 Å². The van der Waals surface area contributed by atoms with Gasteiger partial charge in [0.1, 0.15) is 0 Å². The predicted octanol–water partition coefficient (Wildman–Crippen LogP) is 7.72. The molecular formula is C30H62O5. The normalized spacial score (nSPS) is 19.0. The van der Waals surface area contributed by atoms with Gasteiger partial charge in [0.15, 0.2) is 12.6 Å². The highest BCUT2D eigenvalue weighted by Crippen LogP contribution is 2.24. The van der Waals surface area contributed by atoms with Crippen molar-refractivity contribution in [3.63, 3.8) is 0 Å². The molecule has 0 fully saturated rings. The molecule has 2 N–H and O–H groups in total. The molecule has 0 bridgehead atoms. The van der Waals surface area contributed by atoms with E-state index in [2.05, 4.69) is 41.5 Å². The quantitative estimate of drug-likeness (QED) is 0.132. The summed E-state index contributed by atoms with van der Waals surface area (Å²) in [4.78, 5) is 0. The predicted molar refractivity (Wildman–Crippen MR) is 147 cm³/mol. The lowest BCUT2D eigenvalue weighted by atomic mass is 9.90. The largest absolute Gasteiger partial charge is 0.393 e. The van der Waals surface area contributed by atoms with Gasteiger partial charge in [0.05, 0.1) is 12.2 Å². The first kappa shape index (κ1) is 34.8. The number of hydrogen-bond acceptors (Lipinski definition) is 5. The maximum Gasteiger partial charge on any atom is 0.160 e. The van der Waals surface area contributed by atoms with Crippen molar-refractivity contribution in [2.24, 2.45) is 23.7 Å². The summed E-state index contributed by atoms with van der Waals surface area (Å²) in [6, 6.07) is 0. The van der Waals surface area contributed by atoms with Crippen molar-refractivity contribution in [2.45, 2.75) is 157 Å². The molecule has 0 rings (SSSR count).